The van der Waals surface area contributed by atoms with E-state index in [-0.39, 0.29) is 0 Å². The number of aromatic nitrogens is 1. The lowest BCUT2D eigenvalue weighted by Gasteiger charge is -2.20. The summed E-state index contributed by atoms with van der Waals surface area (Å²) in [5.41, 5.74) is 14.0. The second kappa shape index (κ2) is 11.8. The lowest BCUT2D eigenvalue weighted by atomic mass is 9.91. The third-order valence-electron chi connectivity index (χ3n) is 7.16. The normalized spacial score (nSPS) is 15.6. The highest BCUT2D eigenvalue weighted by Gasteiger charge is 2.32. The molecule has 2 aliphatic rings. The molecule has 0 unspecified atom stereocenters. The fraction of sp³-hybridized carbons (Fsp3) is 0.808. The fourth-order valence-corrected chi connectivity index (χ4v) is 5.52. The van der Waals surface area contributed by atoms with E-state index in [0.717, 1.165) is 0 Å². The number of rotatable bonds is 13. The third kappa shape index (κ3) is 5.74. The molecular weight excluding hydrogens is 340 g/mol. The van der Waals surface area contributed by atoms with Crippen LogP contribution in [0.25, 0.3) is 0 Å². The molecule has 0 fully saturated rings. The predicted molar refractivity (Wildman–Crippen MR) is 121 cm³/mol. The lowest BCUT2D eigenvalue weighted by molar-refractivity contribution is -0.711. The average molecular weight is 386 g/mol. The van der Waals surface area contributed by atoms with E-state index in [1.165, 1.54) is 145 Å². The molecule has 0 atom stereocenters. The van der Waals surface area contributed by atoms with Crippen LogP contribution in [0.5, 0.6) is 0 Å². The molecule has 1 aromatic heterocycles. The van der Waals surface area contributed by atoms with Crippen LogP contribution in [0.1, 0.15) is 126 Å². The summed E-state index contributed by atoms with van der Waals surface area (Å²) in [6.45, 7) is 3.54. The molecule has 0 spiro atoms. The van der Waals surface area contributed by atoms with Crippen LogP contribution < -0.4 is 10.3 Å². The van der Waals surface area contributed by atoms with Gasteiger partial charge in [0.15, 0.2) is 11.4 Å². The number of unbranched alkanes of at least 4 members (excludes halogenated alkanes) is 11. The van der Waals surface area contributed by atoms with Crippen molar-refractivity contribution in [1.29, 1.82) is 0 Å². The van der Waals surface area contributed by atoms with Crippen LogP contribution in [0.4, 0.5) is 5.69 Å². The van der Waals surface area contributed by atoms with Crippen molar-refractivity contribution in [3.63, 3.8) is 0 Å². The van der Waals surface area contributed by atoms with Gasteiger partial charge >= 0.3 is 0 Å². The second-order valence-electron chi connectivity index (χ2n) is 9.37. The standard InChI is InChI=1S/C26H44N2/c1-2-3-4-5-6-7-8-9-10-11-12-15-21-28-24-19-14-13-17-22(24)26(27)23-18-16-20-25(23)28/h27H,2-21H2,1H3/p+1. The van der Waals surface area contributed by atoms with Crippen LogP contribution in [0.2, 0.25) is 0 Å². The van der Waals surface area contributed by atoms with Crippen molar-refractivity contribution in [2.75, 3.05) is 5.73 Å². The Morgan fingerprint density at radius 3 is 1.68 bits per heavy atom. The molecule has 0 aliphatic heterocycles. The van der Waals surface area contributed by atoms with Crippen LogP contribution in [0, 0.1) is 0 Å². The van der Waals surface area contributed by atoms with Crippen molar-refractivity contribution in [2.24, 2.45) is 0 Å². The van der Waals surface area contributed by atoms with Crippen molar-refractivity contribution in [1.82, 2.24) is 0 Å². The number of nitrogen functional groups attached to an aromatic ring is 1. The Morgan fingerprint density at radius 2 is 1.07 bits per heavy atom. The summed E-state index contributed by atoms with van der Waals surface area (Å²) in [7, 11) is 0. The quantitative estimate of drug-likeness (QED) is 0.300. The average Bonchev–Trinajstić information content (AvgIpc) is 3.21. The number of anilines is 1. The van der Waals surface area contributed by atoms with Gasteiger partial charge in [0.25, 0.3) is 0 Å². The van der Waals surface area contributed by atoms with Gasteiger partial charge in [-0.05, 0) is 38.5 Å². The molecule has 3 rings (SSSR count). The highest BCUT2D eigenvalue weighted by atomic mass is 15.0. The van der Waals surface area contributed by atoms with Crippen molar-refractivity contribution >= 4 is 5.69 Å². The molecule has 0 saturated carbocycles. The first-order valence-corrected chi connectivity index (χ1v) is 12.7. The van der Waals surface area contributed by atoms with E-state index in [2.05, 4.69) is 11.5 Å². The molecule has 2 nitrogen and oxygen atoms in total. The molecule has 28 heavy (non-hydrogen) atoms. The second-order valence-corrected chi connectivity index (χ2v) is 9.37. The molecule has 1 aromatic rings. The van der Waals surface area contributed by atoms with Gasteiger partial charge < -0.3 is 5.73 Å². The molecule has 0 aromatic carbocycles. The van der Waals surface area contributed by atoms with Gasteiger partial charge in [-0.3, -0.25) is 0 Å². The van der Waals surface area contributed by atoms with Gasteiger partial charge in [-0.2, -0.15) is 4.57 Å². The highest BCUT2D eigenvalue weighted by Crippen LogP contribution is 2.33. The summed E-state index contributed by atoms with van der Waals surface area (Å²) in [4.78, 5) is 0. The Bertz CT molecular complexity index is 605. The van der Waals surface area contributed by atoms with Crippen LogP contribution in [-0.4, -0.2) is 0 Å². The van der Waals surface area contributed by atoms with E-state index in [4.69, 9.17) is 5.73 Å². The zero-order valence-electron chi connectivity index (χ0n) is 18.7. The summed E-state index contributed by atoms with van der Waals surface area (Å²) in [6, 6.07) is 0. The van der Waals surface area contributed by atoms with E-state index in [1.54, 1.807) is 11.4 Å². The molecule has 2 heteroatoms. The number of fused-ring (bicyclic) bond motifs is 2. The SMILES string of the molecule is CCCCCCCCCCCCCC[n+]1c2c(c(N)c3c1CCC3)CCCC2. The lowest BCUT2D eigenvalue weighted by Crippen LogP contribution is -2.45. The van der Waals surface area contributed by atoms with E-state index in [0.29, 0.717) is 0 Å². The predicted octanol–water partition coefficient (Wildman–Crippen LogP) is 6.62. The molecule has 0 saturated heterocycles. The summed E-state index contributed by atoms with van der Waals surface area (Å²) in [6.07, 6.45) is 26.1. The first kappa shape index (κ1) is 21.7. The Labute approximate surface area is 174 Å². The summed E-state index contributed by atoms with van der Waals surface area (Å²) < 4.78 is 2.73. The summed E-state index contributed by atoms with van der Waals surface area (Å²) in [5.74, 6) is 0. The maximum Gasteiger partial charge on any atom is 0.186 e. The maximum atomic E-state index is 6.58. The minimum atomic E-state index is 1.17. The zero-order valence-corrected chi connectivity index (χ0v) is 18.7. The summed E-state index contributed by atoms with van der Waals surface area (Å²) in [5, 5.41) is 0. The molecule has 0 bridgehead atoms. The number of hydrogen-bond acceptors (Lipinski definition) is 1. The van der Waals surface area contributed by atoms with Crippen LogP contribution in [0.3, 0.4) is 0 Å². The van der Waals surface area contributed by atoms with Gasteiger partial charge in [0.05, 0.1) is 5.69 Å². The number of pyridine rings is 1. The maximum absolute atomic E-state index is 6.58. The van der Waals surface area contributed by atoms with Crippen LogP contribution in [0.15, 0.2) is 0 Å². The van der Waals surface area contributed by atoms with Crippen LogP contribution >= 0.6 is 0 Å². The van der Waals surface area contributed by atoms with Gasteiger partial charge in [-0.25, -0.2) is 0 Å². The molecule has 158 valence electrons. The molecule has 0 radical (unpaired) electrons. The number of hydrogen-bond donors (Lipinski definition) is 1. The van der Waals surface area contributed by atoms with Crippen LogP contribution in [-0.2, 0) is 32.2 Å². The zero-order chi connectivity index (χ0) is 19.6. The van der Waals surface area contributed by atoms with Gasteiger partial charge in [-0.15, -0.1) is 0 Å². The Kier molecular flexibility index (Phi) is 9.15. The van der Waals surface area contributed by atoms with Crippen molar-refractivity contribution < 1.29 is 4.57 Å². The molecule has 2 N–H and O–H groups in total. The largest absolute Gasteiger partial charge is 0.398 e. The van der Waals surface area contributed by atoms with Gasteiger partial charge in [-0.1, -0.05) is 71.1 Å². The topological polar surface area (TPSA) is 29.9 Å². The smallest absolute Gasteiger partial charge is 0.186 e. The van der Waals surface area contributed by atoms with Gasteiger partial charge in [0, 0.05) is 30.4 Å². The molecule has 0 amide bonds. The van der Waals surface area contributed by atoms with Gasteiger partial charge in [0.1, 0.15) is 6.54 Å². The Balaban J connectivity index is 1.36. The van der Waals surface area contributed by atoms with E-state index in [1.807, 2.05) is 0 Å². The summed E-state index contributed by atoms with van der Waals surface area (Å²) >= 11 is 0. The number of nitrogens with two attached hydrogens (primary N) is 1. The molecule has 1 heterocycles. The van der Waals surface area contributed by atoms with E-state index < -0.39 is 0 Å². The van der Waals surface area contributed by atoms with Crippen molar-refractivity contribution in [3.8, 4) is 0 Å². The molecule has 2 aliphatic carbocycles. The fourth-order valence-electron chi connectivity index (χ4n) is 5.52. The van der Waals surface area contributed by atoms with Crippen molar-refractivity contribution in [3.05, 3.63) is 22.5 Å². The van der Waals surface area contributed by atoms with Crippen molar-refractivity contribution in [2.45, 2.75) is 135 Å². The monoisotopic (exact) mass is 385 g/mol. The first-order valence-electron chi connectivity index (χ1n) is 12.7. The molecular formula is C26H45N2+. The highest BCUT2D eigenvalue weighted by molar-refractivity contribution is 5.57. The first-order chi connectivity index (χ1) is 13.8. The van der Waals surface area contributed by atoms with Gasteiger partial charge in [0.2, 0.25) is 0 Å². The number of nitrogens with zero attached hydrogens (tertiary/aromatic N) is 1. The third-order valence-corrected chi connectivity index (χ3v) is 7.16. The Hall–Kier alpha value is -1.05. The van der Waals surface area contributed by atoms with E-state index in [9.17, 15) is 0 Å². The van der Waals surface area contributed by atoms with E-state index >= 15 is 0 Å². The Morgan fingerprint density at radius 1 is 0.607 bits per heavy atom. The minimum absolute atomic E-state index is 1.17. The minimum Gasteiger partial charge on any atom is -0.398 e.